The second-order valence-electron chi connectivity index (χ2n) is 4.39. The summed E-state index contributed by atoms with van der Waals surface area (Å²) < 4.78 is 0.861. The van der Waals surface area contributed by atoms with Crippen molar-refractivity contribution in [2.75, 3.05) is 18.0 Å². The highest BCUT2D eigenvalue weighted by Crippen LogP contribution is 2.43. The molecule has 15 heavy (non-hydrogen) atoms. The number of phenolic OH excluding ortho intramolecular Hbond substituents is 1. The zero-order valence-electron chi connectivity index (χ0n) is 8.59. The first-order valence-corrected chi connectivity index (χ1v) is 6.35. The zero-order chi connectivity index (χ0) is 10.4. The van der Waals surface area contributed by atoms with Crippen LogP contribution < -0.4 is 4.90 Å². The van der Waals surface area contributed by atoms with E-state index in [-0.39, 0.29) is 0 Å². The predicted molar refractivity (Wildman–Crippen MR) is 64.7 cm³/mol. The van der Waals surface area contributed by atoms with Gasteiger partial charge in [-0.15, -0.1) is 0 Å². The van der Waals surface area contributed by atoms with Gasteiger partial charge in [-0.25, -0.2) is 0 Å². The molecule has 0 bridgehead atoms. The lowest BCUT2D eigenvalue weighted by Crippen LogP contribution is -2.34. The van der Waals surface area contributed by atoms with E-state index in [1.807, 2.05) is 0 Å². The second-order valence-corrected chi connectivity index (χ2v) is 5.24. The van der Waals surface area contributed by atoms with E-state index in [0.29, 0.717) is 5.75 Å². The van der Waals surface area contributed by atoms with Crippen LogP contribution in [0.25, 0.3) is 0 Å². The standard InChI is InChI=1S/C12H14BrNO/c13-10-7-8-3-1-5-14-6-2-4-9(11(8)14)12(10)15/h7,15H,1-6H2. The van der Waals surface area contributed by atoms with Gasteiger partial charge in [0.25, 0.3) is 0 Å². The van der Waals surface area contributed by atoms with E-state index >= 15 is 0 Å². The van der Waals surface area contributed by atoms with Gasteiger partial charge in [-0.2, -0.15) is 0 Å². The Balaban J connectivity index is 2.25. The fourth-order valence-corrected chi connectivity index (χ4v) is 3.32. The van der Waals surface area contributed by atoms with Crippen LogP contribution in [0.2, 0.25) is 0 Å². The first kappa shape index (κ1) is 9.52. The SMILES string of the molecule is Oc1c(Br)cc2c3c1CCCN3CCC2. The van der Waals surface area contributed by atoms with Crippen LogP contribution in [0.15, 0.2) is 10.5 Å². The van der Waals surface area contributed by atoms with Crippen LogP contribution in [0.5, 0.6) is 5.75 Å². The van der Waals surface area contributed by atoms with E-state index in [4.69, 9.17) is 0 Å². The van der Waals surface area contributed by atoms with Crippen molar-refractivity contribution in [1.82, 2.24) is 0 Å². The molecular formula is C12H14BrNO. The van der Waals surface area contributed by atoms with Crippen molar-refractivity contribution in [2.24, 2.45) is 0 Å². The Hall–Kier alpha value is -0.700. The minimum Gasteiger partial charge on any atom is -0.506 e. The summed E-state index contributed by atoms with van der Waals surface area (Å²) in [6.07, 6.45) is 4.57. The van der Waals surface area contributed by atoms with Crippen molar-refractivity contribution in [3.05, 3.63) is 21.7 Å². The average Bonchev–Trinajstić information content (AvgIpc) is 2.26. The molecule has 2 aliphatic rings. The first-order chi connectivity index (χ1) is 7.27. The number of halogens is 1. The average molecular weight is 268 g/mol. The van der Waals surface area contributed by atoms with Crippen LogP contribution in [0.4, 0.5) is 5.69 Å². The van der Waals surface area contributed by atoms with Gasteiger partial charge >= 0.3 is 0 Å². The molecule has 0 aliphatic carbocycles. The lowest BCUT2D eigenvalue weighted by atomic mass is 9.91. The summed E-state index contributed by atoms with van der Waals surface area (Å²) in [6.45, 7) is 2.31. The highest BCUT2D eigenvalue weighted by molar-refractivity contribution is 9.10. The summed E-state index contributed by atoms with van der Waals surface area (Å²) in [5.41, 5.74) is 3.89. The molecule has 0 radical (unpaired) electrons. The molecule has 0 unspecified atom stereocenters. The lowest BCUT2D eigenvalue weighted by molar-refractivity contribution is 0.459. The third-order valence-electron chi connectivity index (χ3n) is 3.45. The van der Waals surface area contributed by atoms with Crippen LogP contribution in [0, 0.1) is 0 Å². The molecule has 0 saturated carbocycles. The summed E-state index contributed by atoms with van der Waals surface area (Å²) in [7, 11) is 0. The van der Waals surface area contributed by atoms with Gasteiger partial charge in [0.2, 0.25) is 0 Å². The van der Waals surface area contributed by atoms with Gasteiger partial charge in [0, 0.05) is 24.3 Å². The van der Waals surface area contributed by atoms with Gasteiger partial charge in [-0.1, -0.05) is 0 Å². The van der Waals surface area contributed by atoms with Crippen molar-refractivity contribution in [3.8, 4) is 5.75 Å². The molecule has 1 N–H and O–H groups in total. The Labute approximate surface area is 98.0 Å². The molecule has 3 rings (SSSR count). The van der Waals surface area contributed by atoms with Gasteiger partial charge in [0.05, 0.1) is 4.47 Å². The van der Waals surface area contributed by atoms with Gasteiger partial charge < -0.3 is 10.0 Å². The molecule has 0 spiro atoms. The summed E-state index contributed by atoms with van der Waals surface area (Å²) >= 11 is 3.44. The number of nitrogens with zero attached hydrogens (tertiary/aromatic N) is 1. The molecule has 1 aromatic rings. The number of rotatable bonds is 0. The molecule has 0 saturated heterocycles. The number of phenols is 1. The Bertz CT molecular complexity index is 415. The van der Waals surface area contributed by atoms with Crippen LogP contribution >= 0.6 is 15.9 Å². The van der Waals surface area contributed by atoms with E-state index in [0.717, 1.165) is 42.4 Å². The fourth-order valence-electron chi connectivity index (χ4n) is 2.80. The predicted octanol–water partition coefficient (Wildman–Crippen LogP) is 2.85. The minimum atomic E-state index is 0.459. The molecule has 0 fully saturated rings. The Morgan fingerprint density at radius 3 is 2.73 bits per heavy atom. The smallest absolute Gasteiger partial charge is 0.135 e. The van der Waals surface area contributed by atoms with E-state index in [2.05, 4.69) is 26.9 Å². The molecule has 0 amide bonds. The van der Waals surface area contributed by atoms with Crippen molar-refractivity contribution in [3.63, 3.8) is 0 Å². The lowest BCUT2D eigenvalue weighted by Gasteiger charge is -2.37. The Morgan fingerprint density at radius 1 is 1.20 bits per heavy atom. The number of anilines is 1. The highest BCUT2D eigenvalue weighted by Gasteiger charge is 2.26. The van der Waals surface area contributed by atoms with E-state index in [1.165, 1.54) is 17.7 Å². The monoisotopic (exact) mass is 267 g/mol. The molecule has 2 nitrogen and oxygen atoms in total. The number of aromatic hydroxyl groups is 1. The van der Waals surface area contributed by atoms with Crippen molar-refractivity contribution >= 4 is 21.6 Å². The van der Waals surface area contributed by atoms with E-state index < -0.39 is 0 Å². The third kappa shape index (κ3) is 1.36. The molecular weight excluding hydrogens is 254 g/mol. The summed E-state index contributed by atoms with van der Waals surface area (Å²) in [5, 5.41) is 10.0. The topological polar surface area (TPSA) is 23.5 Å². The highest BCUT2D eigenvalue weighted by atomic mass is 79.9. The van der Waals surface area contributed by atoms with Crippen LogP contribution in [0.3, 0.4) is 0 Å². The Kier molecular flexibility index (Phi) is 2.16. The van der Waals surface area contributed by atoms with Crippen LogP contribution in [-0.2, 0) is 12.8 Å². The van der Waals surface area contributed by atoms with E-state index in [1.54, 1.807) is 0 Å². The summed E-state index contributed by atoms with van der Waals surface area (Å²) in [4.78, 5) is 2.43. The minimum absolute atomic E-state index is 0.459. The summed E-state index contributed by atoms with van der Waals surface area (Å²) in [5.74, 6) is 0.459. The van der Waals surface area contributed by atoms with Gasteiger partial charge in [-0.05, 0) is 53.2 Å². The van der Waals surface area contributed by atoms with Crippen molar-refractivity contribution in [2.45, 2.75) is 25.7 Å². The number of aryl methyl sites for hydroxylation is 1. The quantitative estimate of drug-likeness (QED) is 0.782. The van der Waals surface area contributed by atoms with Crippen LogP contribution in [-0.4, -0.2) is 18.2 Å². The van der Waals surface area contributed by atoms with Gasteiger partial charge in [0.1, 0.15) is 5.75 Å². The molecule has 80 valence electrons. The zero-order valence-corrected chi connectivity index (χ0v) is 10.2. The third-order valence-corrected chi connectivity index (χ3v) is 4.05. The number of hydrogen-bond acceptors (Lipinski definition) is 2. The second kappa shape index (κ2) is 3.41. The fraction of sp³-hybridized carbons (Fsp3) is 0.500. The molecule has 2 aliphatic heterocycles. The maximum atomic E-state index is 10.0. The summed E-state index contributed by atoms with van der Waals surface area (Å²) in [6, 6.07) is 2.09. The maximum Gasteiger partial charge on any atom is 0.135 e. The van der Waals surface area contributed by atoms with Crippen molar-refractivity contribution < 1.29 is 5.11 Å². The van der Waals surface area contributed by atoms with Gasteiger partial charge in [0.15, 0.2) is 0 Å². The van der Waals surface area contributed by atoms with Crippen molar-refractivity contribution in [1.29, 1.82) is 0 Å². The molecule has 1 aromatic carbocycles. The maximum absolute atomic E-state index is 10.0. The normalized spacial score (nSPS) is 18.9. The van der Waals surface area contributed by atoms with Crippen LogP contribution in [0.1, 0.15) is 24.0 Å². The molecule has 3 heteroatoms. The molecule has 0 aromatic heterocycles. The largest absolute Gasteiger partial charge is 0.506 e. The Morgan fingerprint density at radius 2 is 1.93 bits per heavy atom. The number of benzene rings is 1. The molecule has 2 heterocycles. The van der Waals surface area contributed by atoms with E-state index in [9.17, 15) is 5.11 Å². The van der Waals surface area contributed by atoms with Gasteiger partial charge in [-0.3, -0.25) is 0 Å². The first-order valence-electron chi connectivity index (χ1n) is 5.55. The molecule has 0 atom stereocenters. The number of hydrogen-bond donors (Lipinski definition) is 1.